The summed E-state index contributed by atoms with van der Waals surface area (Å²) in [6.07, 6.45) is 1.90. The number of nitrogens with one attached hydrogen (secondary N) is 1. The number of benzene rings is 2. The zero-order chi connectivity index (χ0) is 23.7. The van der Waals surface area contributed by atoms with Gasteiger partial charge in [0.2, 0.25) is 5.82 Å². The first-order chi connectivity index (χ1) is 15.7. The minimum absolute atomic E-state index is 0.0154. The summed E-state index contributed by atoms with van der Waals surface area (Å²) in [5.74, 6) is 0.527. The van der Waals surface area contributed by atoms with Crippen molar-refractivity contribution in [3.63, 3.8) is 0 Å². The number of ether oxygens (including phenoxy) is 1. The number of carboxylic acids is 1. The molecule has 0 bridgehead atoms. The minimum atomic E-state index is -0.860. The summed E-state index contributed by atoms with van der Waals surface area (Å²) in [5, 5.41) is 14.9. The van der Waals surface area contributed by atoms with Crippen LogP contribution in [0.25, 0.3) is 33.7 Å². The molecule has 0 aliphatic carbocycles. The maximum Gasteiger partial charge on any atom is 0.320 e. The third-order valence-electron chi connectivity index (χ3n) is 5.45. The van der Waals surface area contributed by atoms with E-state index >= 15 is 0 Å². The summed E-state index contributed by atoms with van der Waals surface area (Å²) >= 11 is 6.35. The zero-order valence-corrected chi connectivity index (χ0v) is 19.6. The van der Waals surface area contributed by atoms with Crippen molar-refractivity contribution in [3.8, 4) is 28.6 Å². The van der Waals surface area contributed by atoms with E-state index in [0.29, 0.717) is 34.6 Å². The Morgan fingerprint density at radius 1 is 1.27 bits per heavy atom. The Morgan fingerprint density at radius 3 is 2.76 bits per heavy atom. The number of carboxylic acid groups (broad SMARTS) is 1. The SMILES string of the molecule is CC(C)Oc1ccc(-c2nc(-c3cccc4c(CN(C)[C@@H](C)C(=O)O)c[nH]c34)no2)cc1Cl. The van der Waals surface area contributed by atoms with E-state index in [1.807, 2.05) is 44.3 Å². The van der Waals surface area contributed by atoms with Crippen molar-refractivity contribution in [1.29, 1.82) is 0 Å². The number of likely N-dealkylation sites (N-methyl/N-ethyl adjacent to an activating group) is 1. The van der Waals surface area contributed by atoms with E-state index in [1.165, 1.54) is 0 Å². The maximum atomic E-state index is 11.3. The predicted octanol–water partition coefficient (Wildman–Crippen LogP) is 5.23. The summed E-state index contributed by atoms with van der Waals surface area (Å²) < 4.78 is 11.2. The van der Waals surface area contributed by atoms with Gasteiger partial charge in [-0.3, -0.25) is 9.69 Å². The van der Waals surface area contributed by atoms with E-state index in [2.05, 4.69) is 15.1 Å². The van der Waals surface area contributed by atoms with Crippen molar-refractivity contribution < 1.29 is 19.2 Å². The van der Waals surface area contributed by atoms with Gasteiger partial charge in [0.05, 0.1) is 16.6 Å². The Labute approximate surface area is 196 Å². The molecule has 172 valence electrons. The van der Waals surface area contributed by atoms with Gasteiger partial charge in [0.1, 0.15) is 11.8 Å². The van der Waals surface area contributed by atoms with Gasteiger partial charge < -0.3 is 19.4 Å². The molecule has 0 aliphatic rings. The molecular weight excluding hydrogens is 444 g/mol. The molecular formula is C24H25ClN4O4. The van der Waals surface area contributed by atoms with E-state index in [9.17, 15) is 9.90 Å². The van der Waals surface area contributed by atoms with Crippen molar-refractivity contribution in [2.24, 2.45) is 0 Å². The van der Waals surface area contributed by atoms with Crippen LogP contribution in [0, 0.1) is 0 Å². The van der Waals surface area contributed by atoms with E-state index < -0.39 is 12.0 Å². The van der Waals surface area contributed by atoms with Gasteiger partial charge >= 0.3 is 5.97 Å². The molecule has 0 spiro atoms. The highest BCUT2D eigenvalue weighted by molar-refractivity contribution is 6.32. The number of carbonyl (C=O) groups is 1. The Kier molecular flexibility index (Phi) is 6.40. The third-order valence-corrected chi connectivity index (χ3v) is 5.74. The van der Waals surface area contributed by atoms with Crippen molar-refractivity contribution in [1.82, 2.24) is 20.0 Å². The molecule has 2 aromatic heterocycles. The van der Waals surface area contributed by atoms with Crippen molar-refractivity contribution in [2.45, 2.75) is 39.5 Å². The molecule has 9 heteroatoms. The Bertz CT molecular complexity index is 1300. The molecule has 0 saturated carbocycles. The summed E-state index contributed by atoms with van der Waals surface area (Å²) in [7, 11) is 1.79. The molecule has 0 amide bonds. The summed E-state index contributed by atoms with van der Waals surface area (Å²) in [4.78, 5) is 20.9. The van der Waals surface area contributed by atoms with Gasteiger partial charge in [0.15, 0.2) is 0 Å². The minimum Gasteiger partial charge on any atom is -0.489 e. The maximum absolute atomic E-state index is 11.3. The van der Waals surface area contributed by atoms with Gasteiger partial charge in [-0.2, -0.15) is 4.98 Å². The fraction of sp³-hybridized carbons (Fsp3) is 0.292. The number of fused-ring (bicyclic) bond motifs is 1. The van der Waals surface area contributed by atoms with Crippen LogP contribution in [0.4, 0.5) is 0 Å². The Balaban J connectivity index is 1.63. The van der Waals surface area contributed by atoms with Gasteiger partial charge in [-0.15, -0.1) is 0 Å². The van der Waals surface area contributed by atoms with E-state index in [1.54, 1.807) is 31.0 Å². The molecule has 33 heavy (non-hydrogen) atoms. The first-order valence-electron chi connectivity index (χ1n) is 10.6. The number of hydrogen-bond donors (Lipinski definition) is 2. The van der Waals surface area contributed by atoms with Crippen LogP contribution < -0.4 is 4.74 Å². The van der Waals surface area contributed by atoms with Gasteiger partial charge in [-0.05, 0) is 57.6 Å². The van der Waals surface area contributed by atoms with Gasteiger partial charge in [-0.1, -0.05) is 28.9 Å². The van der Waals surface area contributed by atoms with Gasteiger partial charge in [0, 0.05) is 29.3 Å². The van der Waals surface area contributed by atoms with Crippen LogP contribution >= 0.6 is 11.6 Å². The molecule has 0 radical (unpaired) electrons. The molecule has 2 aromatic carbocycles. The van der Waals surface area contributed by atoms with Crippen LogP contribution in [0.2, 0.25) is 5.02 Å². The largest absolute Gasteiger partial charge is 0.489 e. The number of nitrogens with zero attached hydrogens (tertiary/aromatic N) is 3. The smallest absolute Gasteiger partial charge is 0.320 e. The van der Waals surface area contributed by atoms with Crippen LogP contribution in [0.5, 0.6) is 5.75 Å². The summed E-state index contributed by atoms with van der Waals surface area (Å²) in [6.45, 7) is 6.02. The number of aliphatic carboxylic acids is 1. The summed E-state index contributed by atoms with van der Waals surface area (Å²) in [5.41, 5.74) is 3.32. The lowest BCUT2D eigenvalue weighted by atomic mass is 10.1. The standard InChI is InChI=1S/C24H25ClN4O4/c1-13(2)32-20-9-8-15(10-19(20)25)23-27-22(28-33-23)18-7-5-6-17-16(11-26-21(17)18)12-29(4)14(3)24(30)31/h5-11,13-14,26H,12H2,1-4H3,(H,30,31)/t14-/m0/s1. The topological polar surface area (TPSA) is 104 Å². The van der Waals surface area contributed by atoms with Crippen LogP contribution in [0.15, 0.2) is 47.1 Å². The van der Waals surface area contributed by atoms with Crippen molar-refractivity contribution in [3.05, 3.63) is 53.2 Å². The van der Waals surface area contributed by atoms with Crippen molar-refractivity contribution in [2.75, 3.05) is 7.05 Å². The van der Waals surface area contributed by atoms with Gasteiger partial charge in [-0.25, -0.2) is 0 Å². The monoisotopic (exact) mass is 468 g/mol. The molecule has 4 aromatic rings. The number of hydrogen-bond acceptors (Lipinski definition) is 6. The lowest BCUT2D eigenvalue weighted by Crippen LogP contribution is -2.35. The number of halogens is 1. The Morgan fingerprint density at radius 2 is 2.06 bits per heavy atom. The lowest BCUT2D eigenvalue weighted by molar-refractivity contribution is -0.142. The highest BCUT2D eigenvalue weighted by Crippen LogP contribution is 2.33. The van der Waals surface area contributed by atoms with E-state index in [-0.39, 0.29) is 6.10 Å². The Hall–Kier alpha value is -3.36. The number of para-hydroxylation sites is 1. The third kappa shape index (κ3) is 4.72. The van der Waals surface area contributed by atoms with Crippen LogP contribution in [0.1, 0.15) is 26.3 Å². The lowest BCUT2D eigenvalue weighted by Gasteiger charge is -2.20. The van der Waals surface area contributed by atoms with Crippen LogP contribution in [0.3, 0.4) is 0 Å². The molecule has 0 saturated heterocycles. The molecule has 0 aliphatic heterocycles. The second-order valence-electron chi connectivity index (χ2n) is 8.21. The quantitative estimate of drug-likeness (QED) is 0.364. The van der Waals surface area contributed by atoms with Crippen molar-refractivity contribution >= 4 is 28.5 Å². The number of aromatic nitrogens is 3. The second kappa shape index (κ2) is 9.25. The molecule has 2 heterocycles. The molecule has 0 fully saturated rings. The average molecular weight is 469 g/mol. The molecule has 2 N–H and O–H groups in total. The first-order valence-corrected chi connectivity index (χ1v) is 10.9. The first kappa shape index (κ1) is 22.8. The highest BCUT2D eigenvalue weighted by Gasteiger charge is 2.20. The number of rotatable bonds is 8. The fourth-order valence-electron chi connectivity index (χ4n) is 3.56. The van der Waals surface area contributed by atoms with Crippen LogP contribution in [-0.2, 0) is 11.3 Å². The number of H-pyrrole nitrogens is 1. The average Bonchev–Trinajstić information content (AvgIpc) is 3.42. The predicted molar refractivity (Wildman–Crippen MR) is 126 cm³/mol. The zero-order valence-electron chi connectivity index (χ0n) is 18.8. The van der Waals surface area contributed by atoms with E-state index in [4.69, 9.17) is 20.9 Å². The number of aromatic amines is 1. The normalized spacial score (nSPS) is 12.6. The molecule has 1 atom stereocenters. The summed E-state index contributed by atoms with van der Waals surface area (Å²) in [6, 6.07) is 10.6. The van der Waals surface area contributed by atoms with E-state index in [0.717, 1.165) is 22.0 Å². The molecule has 8 nitrogen and oxygen atoms in total. The highest BCUT2D eigenvalue weighted by atomic mass is 35.5. The molecule has 4 rings (SSSR count). The van der Waals surface area contributed by atoms with Gasteiger partial charge in [0.25, 0.3) is 5.89 Å². The second-order valence-corrected chi connectivity index (χ2v) is 8.61. The molecule has 0 unspecified atom stereocenters. The van der Waals surface area contributed by atoms with Crippen LogP contribution in [-0.4, -0.2) is 50.3 Å². The fourth-order valence-corrected chi connectivity index (χ4v) is 3.78.